The van der Waals surface area contributed by atoms with Crippen LogP contribution in [0.2, 0.25) is 0 Å². The van der Waals surface area contributed by atoms with Gasteiger partial charge in [0.2, 0.25) is 6.36 Å². The van der Waals surface area contributed by atoms with E-state index >= 15 is 0 Å². The Morgan fingerprint density at radius 3 is 2.91 bits per heavy atom. The van der Waals surface area contributed by atoms with E-state index in [2.05, 4.69) is 0 Å². The van der Waals surface area contributed by atoms with Gasteiger partial charge < -0.3 is 9.47 Å². The summed E-state index contributed by atoms with van der Waals surface area (Å²) in [4.78, 5) is 0. The van der Waals surface area contributed by atoms with Gasteiger partial charge in [0.25, 0.3) is 0 Å². The average Bonchev–Trinajstić information content (AvgIpc) is 2.28. The van der Waals surface area contributed by atoms with Gasteiger partial charge in [-0.15, -0.1) is 0 Å². The number of alkyl halides is 1. The van der Waals surface area contributed by atoms with Crippen LogP contribution in [0.3, 0.4) is 0 Å². The van der Waals surface area contributed by atoms with Crippen molar-refractivity contribution in [2.75, 3.05) is 6.61 Å². The van der Waals surface area contributed by atoms with Gasteiger partial charge in [0.15, 0.2) is 5.79 Å². The smallest absolute Gasteiger partial charge is 0.202 e. The third-order valence-corrected chi connectivity index (χ3v) is 1.81. The molecule has 11 heavy (non-hydrogen) atoms. The maximum Gasteiger partial charge on any atom is 0.202 e. The van der Waals surface area contributed by atoms with Crippen LogP contribution in [0, 0.1) is 0 Å². The lowest BCUT2D eigenvalue weighted by atomic mass is 10.2. The van der Waals surface area contributed by atoms with Gasteiger partial charge >= 0.3 is 0 Å². The number of hydrogen-bond donors (Lipinski definition) is 0. The van der Waals surface area contributed by atoms with Crippen LogP contribution in [-0.4, -0.2) is 18.8 Å². The lowest BCUT2D eigenvalue weighted by molar-refractivity contribution is -0.234. The fourth-order valence-electron chi connectivity index (χ4n) is 1.19. The van der Waals surface area contributed by atoms with Crippen LogP contribution in [0.1, 0.15) is 33.1 Å². The predicted molar refractivity (Wildman–Crippen MR) is 39.9 cm³/mol. The Kier molecular flexibility index (Phi) is 2.84. The van der Waals surface area contributed by atoms with Crippen molar-refractivity contribution < 1.29 is 13.9 Å². The molecule has 2 nitrogen and oxygen atoms in total. The minimum absolute atomic E-state index is 0.459. The van der Waals surface area contributed by atoms with Crippen LogP contribution >= 0.6 is 0 Å². The second kappa shape index (κ2) is 3.50. The fourth-order valence-corrected chi connectivity index (χ4v) is 1.19. The first-order valence-corrected chi connectivity index (χ1v) is 4.12. The summed E-state index contributed by atoms with van der Waals surface area (Å²) in [5.41, 5.74) is 0. The van der Waals surface area contributed by atoms with Gasteiger partial charge in [-0.1, -0.05) is 6.92 Å². The molecule has 66 valence electrons. The first-order chi connectivity index (χ1) is 5.16. The minimum Gasteiger partial charge on any atom is -0.350 e. The van der Waals surface area contributed by atoms with Crippen molar-refractivity contribution >= 4 is 0 Å². The van der Waals surface area contributed by atoms with Crippen molar-refractivity contribution in [3.05, 3.63) is 0 Å². The van der Waals surface area contributed by atoms with E-state index < -0.39 is 12.1 Å². The zero-order chi connectivity index (χ0) is 8.32. The largest absolute Gasteiger partial charge is 0.350 e. The van der Waals surface area contributed by atoms with Crippen LogP contribution in [0.4, 0.5) is 4.39 Å². The van der Waals surface area contributed by atoms with E-state index in [1.54, 1.807) is 6.92 Å². The van der Waals surface area contributed by atoms with Crippen molar-refractivity contribution in [1.82, 2.24) is 0 Å². The molecule has 1 aliphatic heterocycles. The zero-order valence-corrected chi connectivity index (χ0v) is 7.10. The Bertz CT molecular complexity index is 129. The lowest BCUT2D eigenvalue weighted by Crippen LogP contribution is -2.28. The molecule has 0 spiro atoms. The molecule has 0 aromatic carbocycles. The van der Waals surface area contributed by atoms with Crippen LogP contribution in [0.15, 0.2) is 0 Å². The van der Waals surface area contributed by atoms with Crippen LogP contribution in [0.5, 0.6) is 0 Å². The van der Waals surface area contributed by atoms with Crippen LogP contribution in [0.25, 0.3) is 0 Å². The maximum atomic E-state index is 12.5. The van der Waals surface area contributed by atoms with E-state index in [1.165, 1.54) is 0 Å². The molecule has 2 atom stereocenters. The van der Waals surface area contributed by atoms with E-state index in [4.69, 9.17) is 9.47 Å². The summed E-state index contributed by atoms with van der Waals surface area (Å²) in [6.45, 7) is 4.46. The van der Waals surface area contributed by atoms with Crippen LogP contribution < -0.4 is 0 Å². The van der Waals surface area contributed by atoms with Crippen molar-refractivity contribution in [3.63, 3.8) is 0 Å². The third-order valence-electron chi connectivity index (χ3n) is 1.81. The number of rotatable bonds is 3. The van der Waals surface area contributed by atoms with Crippen molar-refractivity contribution in [2.45, 2.75) is 45.3 Å². The summed E-state index contributed by atoms with van der Waals surface area (Å²) < 4.78 is 22.9. The van der Waals surface area contributed by atoms with Gasteiger partial charge in [0.1, 0.15) is 0 Å². The SMILES string of the molecule is CCCOC1(C)CCC(F)O1. The van der Waals surface area contributed by atoms with Crippen molar-refractivity contribution in [3.8, 4) is 0 Å². The molecule has 1 rings (SSSR count). The van der Waals surface area contributed by atoms with E-state index in [0.29, 0.717) is 19.4 Å². The molecular weight excluding hydrogens is 147 g/mol. The van der Waals surface area contributed by atoms with Crippen LogP contribution in [-0.2, 0) is 9.47 Å². The third kappa shape index (κ3) is 2.42. The van der Waals surface area contributed by atoms with Gasteiger partial charge in [0.05, 0.1) is 0 Å². The molecule has 3 heteroatoms. The molecule has 0 saturated carbocycles. The molecule has 1 saturated heterocycles. The Morgan fingerprint density at radius 1 is 1.73 bits per heavy atom. The fraction of sp³-hybridized carbons (Fsp3) is 1.00. The topological polar surface area (TPSA) is 18.5 Å². The molecule has 0 aromatic rings. The molecule has 2 unspecified atom stereocenters. The number of ether oxygens (including phenoxy) is 2. The first-order valence-electron chi connectivity index (χ1n) is 4.12. The molecule has 0 N–H and O–H groups in total. The molecule has 0 bridgehead atoms. The highest BCUT2D eigenvalue weighted by atomic mass is 19.1. The number of halogens is 1. The average molecular weight is 162 g/mol. The Morgan fingerprint density at radius 2 is 2.45 bits per heavy atom. The van der Waals surface area contributed by atoms with E-state index in [0.717, 1.165) is 6.42 Å². The normalized spacial score (nSPS) is 37.9. The molecule has 1 fully saturated rings. The van der Waals surface area contributed by atoms with Gasteiger partial charge in [-0.3, -0.25) is 0 Å². The maximum absolute atomic E-state index is 12.5. The Hall–Kier alpha value is -0.150. The summed E-state index contributed by atoms with van der Waals surface area (Å²) >= 11 is 0. The summed E-state index contributed by atoms with van der Waals surface area (Å²) in [5.74, 6) is -0.657. The summed E-state index contributed by atoms with van der Waals surface area (Å²) in [6, 6.07) is 0. The summed E-state index contributed by atoms with van der Waals surface area (Å²) in [5, 5.41) is 0. The van der Waals surface area contributed by atoms with Crippen molar-refractivity contribution in [1.29, 1.82) is 0 Å². The molecule has 0 aromatic heterocycles. The van der Waals surface area contributed by atoms with Gasteiger partial charge in [-0.2, -0.15) is 0 Å². The van der Waals surface area contributed by atoms with Gasteiger partial charge in [0, 0.05) is 19.4 Å². The monoisotopic (exact) mass is 162 g/mol. The highest BCUT2D eigenvalue weighted by Gasteiger charge is 2.36. The first kappa shape index (κ1) is 8.94. The molecule has 0 radical (unpaired) electrons. The molecule has 1 heterocycles. The molecule has 0 aliphatic carbocycles. The van der Waals surface area contributed by atoms with E-state index in [1.807, 2.05) is 6.92 Å². The molecule has 0 amide bonds. The van der Waals surface area contributed by atoms with Gasteiger partial charge in [-0.25, -0.2) is 4.39 Å². The number of hydrogen-bond acceptors (Lipinski definition) is 2. The van der Waals surface area contributed by atoms with E-state index in [9.17, 15) is 4.39 Å². The van der Waals surface area contributed by atoms with E-state index in [-0.39, 0.29) is 0 Å². The Labute approximate surface area is 66.7 Å². The minimum atomic E-state index is -1.13. The summed E-state index contributed by atoms with van der Waals surface area (Å²) in [7, 11) is 0. The summed E-state index contributed by atoms with van der Waals surface area (Å²) in [6.07, 6.45) is 0.932. The molecular formula is C8H15FO2. The highest BCUT2D eigenvalue weighted by molar-refractivity contribution is 4.71. The van der Waals surface area contributed by atoms with Crippen molar-refractivity contribution in [2.24, 2.45) is 0 Å². The Balaban J connectivity index is 2.29. The standard InChI is InChI=1S/C8H15FO2/c1-3-6-10-8(2)5-4-7(9)11-8/h7H,3-6H2,1-2H3. The predicted octanol–water partition coefficient (Wildman–Crippen LogP) is 2.24. The lowest BCUT2D eigenvalue weighted by Gasteiger charge is -2.23. The zero-order valence-electron chi connectivity index (χ0n) is 7.10. The molecule has 1 aliphatic rings. The highest BCUT2D eigenvalue weighted by Crippen LogP contribution is 2.31. The quantitative estimate of drug-likeness (QED) is 0.633. The second-order valence-corrected chi connectivity index (χ2v) is 3.05. The second-order valence-electron chi connectivity index (χ2n) is 3.05. The van der Waals surface area contributed by atoms with Gasteiger partial charge in [-0.05, 0) is 13.3 Å².